The molecule has 0 radical (unpaired) electrons. The lowest BCUT2D eigenvalue weighted by atomic mass is 10.1. The van der Waals surface area contributed by atoms with Gasteiger partial charge in [-0.1, -0.05) is 6.08 Å². The Morgan fingerprint density at radius 2 is 2.60 bits per heavy atom. The van der Waals surface area contributed by atoms with Gasteiger partial charge in [0.05, 0.1) is 6.61 Å². The van der Waals surface area contributed by atoms with E-state index in [0.717, 1.165) is 6.42 Å². The van der Waals surface area contributed by atoms with E-state index in [4.69, 9.17) is 9.84 Å². The lowest BCUT2D eigenvalue weighted by molar-refractivity contribution is -0.138. The van der Waals surface area contributed by atoms with E-state index in [1.165, 1.54) is 6.08 Å². The third-order valence-electron chi connectivity index (χ3n) is 1.44. The minimum absolute atomic E-state index is 0.0810. The molecule has 1 atom stereocenters. The minimum Gasteiger partial charge on any atom is -0.462 e. The Morgan fingerprint density at radius 3 is 3.30 bits per heavy atom. The number of hydrogen-bond donors (Lipinski definition) is 1. The van der Waals surface area contributed by atoms with Gasteiger partial charge in [0.15, 0.2) is 0 Å². The van der Waals surface area contributed by atoms with E-state index in [0.29, 0.717) is 6.61 Å². The van der Waals surface area contributed by atoms with Gasteiger partial charge in [0.25, 0.3) is 0 Å². The first-order chi connectivity index (χ1) is 4.83. The maximum Gasteiger partial charge on any atom is 0.330 e. The molecule has 56 valence electrons. The normalized spacial score (nSPS) is 25.7. The summed E-state index contributed by atoms with van der Waals surface area (Å²) in [5.74, 6) is -0.223. The number of aliphatic hydroxyl groups is 1. The molecule has 0 aromatic heterocycles. The van der Waals surface area contributed by atoms with E-state index in [1.54, 1.807) is 6.08 Å². The number of carbonyl (C=O) groups excluding carboxylic acids is 1. The standard InChI is InChI=1S/C7H10O3/c8-4-6-2-1-3-7(9)10-5-6/h1,3,6,8H,2,4-5H2. The van der Waals surface area contributed by atoms with Crippen LogP contribution in [-0.4, -0.2) is 24.3 Å². The Hall–Kier alpha value is -0.830. The van der Waals surface area contributed by atoms with Gasteiger partial charge in [0.2, 0.25) is 0 Å². The number of esters is 1. The summed E-state index contributed by atoms with van der Waals surface area (Å²) in [6.45, 7) is 0.417. The molecule has 1 unspecified atom stereocenters. The Bertz CT molecular complexity index is 151. The first-order valence-corrected chi connectivity index (χ1v) is 3.27. The van der Waals surface area contributed by atoms with E-state index in [1.807, 2.05) is 0 Å². The number of ether oxygens (including phenoxy) is 1. The summed E-state index contributed by atoms with van der Waals surface area (Å²) in [5.41, 5.74) is 0. The molecule has 0 saturated carbocycles. The lowest BCUT2D eigenvalue weighted by Crippen LogP contribution is -2.13. The third kappa shape index (κ3) is 1.84. The molecule has 0 aromatic rings. The smallest absolute Gasteiger partial charge is 0.330 e. The van der Waals surface area contributed by atoms with Crippen molar-refractivity contribution >= 4 is 5.97 Å². The molecule has 1 rings (SSSR count). The molecule has 0 amide bonds. The van der Waals surface area contributed by atoms with Crippen LogP contribution in [0.25, 0.3) is 0 Å². The largest absolute Gasteiger partial charge is 0.462 e. The van der Waals surface area contributed by atoms with Crippen molar-refractivity contribution in [1.29, 1.82) is 0 Å². The van der Waals surface area contributed by atoms with Gasteiger partial charge in [-0.05, 0) is 6.42 Å². The van der Waals surface area contributed by atoms with E-state index >= 15 is 0 Å². The van der Waals surface area contributed by atoms with Crippen LogP contribution in [0.15, 0.2) is 12.2 Å². The van der Waals surface area contributed by atoms with Gasteiger partial charge < -0.3 is 9.84 Å². The Balaban J connectivity index is 2.44. The molecule has 0 aliphatic carbocycles. The average Bonchev–Trinajstić information content (AvgIpc) is 2.14. The van der Waals surface area contributed by atoms with Crippen LogP contribution in [0.2, 0.25) is 0 Å². The van der Waals surface area contributed by atoms with Crippen LogP contribution in [0.1, 0.15) is 6.42 Å². The molecule has 1 aliphatic heterocycles. The van der Waals surface area contributed by atoms with Gasteiger partial charge >= 0.3 is 5.97 Å². The molecular weight excluding hydrogens is 132 g/mol. The summed E-state index contributed by atoms with van der Waals surface area (Å²) in [7, 11) is 0. The van der Waals surface area contributed by atoms with Crippen molar-refractivity contribution in [2.45, 2.75) is 6.42 Å². The van der Waals surface area contributed by atoms with E-state index in [-0.39, 0.29) is 18.5 Å². The summed E-state index contributed by atoms with van der Waals surface area (Å²) >= 11 is 0. The SMILES string of the molecule is O=C1C=CCC(CO)CO1. The zero-order valence-electron chi connectivity index (χ0n) is 5.62. The van der Waals surface area contributed by atoms with Crippen molar-refractivity contribution in [2.75, 3.05) is 13.2 Å². The predicted octanol–water partition coefficient (Wildman–Crippen LogP) is 0.0980. The van der Waals surface area contributed by atoms with Crippen LogP contribution in [0.5, 0.6) is 0 Å². The van der Waals surface area contributed by atoms with Crippen molar-refractivity contribution in [3.8, 4) is 0 Å². The average molecular weight is 142 g/mol. The summed E-state index contributed by atoms with van der Waals surface area (Å²) in [5, 5.41) is 8.68. The number of rotatable bonds is 1. The van der Waals surface area contributed by atoms with Gasteiger partial charge in [-0.3, -0.25) is 0 Å². The monoisotopic (exact) mass is 142 g/mol. The fourth-order valence-corrected chi connectivity index (χ4v) is 0.800. The first-order valence-electron chi connectivity index (χ1n) is 3.27. The van der Waals surface area contributed by atoms with Gasteiger partial charge in [-0.25, -0.2) is 4.79 Å². The van der Waals surface area contributed by atoms with Crippen molar-refractivity contribution in [3.05, 3.63) is 12.2 Å². The van der Waals surface area contributed by atoms with Gasteiger partial charge in [-0.2, -0.15) is 0 Å². The molecule has 0 bridgehead atoms. The Labute approximate surface area is 59.3 Å². The maximum absolute atomic E-state index is 10.6. The zero-order chi connectivity index (χ0) is 7.40. The molecular formula is C7H10O3. The highest BCUT2D eigenvalue weighted by Crippen LogP contribution is 2.07. The highest BCUT2D eigenvalue weighted by atomic mass is 16.5. The van der Waals surface area contributed by atoms with Crippen LogP contribution in [0.4, 0.5) is 0 Å². The number of carbonyl (C=O) groups is 1. The highest BCUT2D eigenvalue weighted by Gasteiger charge is 2.11. The highest BCUT2D eigenvalue weighted by molar-refractivity contribution is 5.82. The molecule has 10 heavy (non-hydrogen) atoms. The summed E-state index contributed by atoms with van der Waals surface area (Å²) in [6, 6.07) is 0. The molecule has 1 N–H and O–H groups in total. The van der Waals surface area contributed by atoms with E-state index in [2.05, 4.69) is 0 Å². The lowest BCUT2D eigenvalue weighted by Gasteiger charge is -2.07. The van der Waals surface area contributed by atoms with Crippen molar-refractivity contribution in [1.82, 2.24) is 0 Å². The fourth-order valence-electron chi connectivity index (χ4n) is 0.800. The molecule has 3 nitrogen and oxygen atoms in total. The fraction of sp³-hybridized carbons (Fsp3) is 0.571. The molecule has 1 aliphatic rings. The Morgan fingerprint density at radius 1 is 1.80 bits per heavy atom. The van der Waals surface area contributed by atoms with E-state index in [9.17, 15) is 4.79 Å². The topological polar surface area (TPSA) is 46.5 Å². The van der Waals surface area contributed by atoms with E-state index < -0.39 is 0 Å². The second-order valence-electron chi connectivity index (χ2n) is 2.32. The van der Waals surface area contributed by atoms with Gasteiger partial charge in [0.1, 0.15) is 0 Å². The molecule has 0 spiro atoms. The van der Waals surface area contributed by atoms with Crippen molar-refractivity contribution in [3.63, 3.8) is 0 Å². The molecule has 0 fully saturated rings. The van der Waals surface area contributed by atoms with Crippen molar-refractivity contribution < 1.29 is 14.6 Å². The first kappa shape index (κ1) is 7.28. The Kier molecular flexibility index (Phi) is 2.45. The molecule has 3 heteroatoms. The quantitative estimate of drug-likeness (QED) is 0.528. The van der Waals surface area contributed by atoms with Gasteiger partial charge in [-0.15, -0.1) is 0 Å². The maximum atomic E-state index is 10.6. The van der Waals surface area contributed by atoms with Crippen LogP contribution in [-0.2, 0) is 9.53 Å². The number of aliphatic hydroxyl groups excluding tert-OH is 1. The van der Waals surface area contributed by atoms with Crippen molar-refractivity contribution in [2.24, 2.45) is 5.92 Å². The van der Waals surface area contributed by atoms with Gasteiger partial charge in [0, 0.05) is 18.6 Å². The van der Waals surface area contributed by atoms with Crippen LogP contribution in [0.3, 0.4) is 0 Å². The number of hydrogen-bond acceptors (Lipinski definition) is 3. The third-order valence-corrected chi connectivity index (χ3v) is 1.44. The summed E-state index contributed by atoms with van der Waals surface area (Å²) < 4.78 is 4.72. The zero-order valence-corrected chi connectivity index (χ0v) is 5.62. The summed E-state index contributed by atoms with van der Waals surface area (Å²) in [6.07, 6.45) is 3.86. The second-order valence-corrected chi connectivity index (χ2v) is 2.32. The number of allylic oxidation sites excluding steroid dienone is 1. The molecule has 0 saturated heterocycles. The number of cyclic esters (lactones) is 1. The minimum atomic E-state index is -0.309. The van der Waals surface area contributed by atoms with Crippen LogP contribution in [0, 0.1) is 5.92 Å². The second kappa shape index (κ2) is 3.37. The van der Waals surface area contributed by atoms with Crippen LogP contribution >= 0.6 is 0 Å². The molecule has 0 aromatic carbocycles. The van der Waals surface area contributed by atoms with Crippen LogP contribution < -0.4 is 0 Å². The molecule has 1 heterocycles. The summed E-state index contributed by atoms with van der Waals surface area (Å²) in [4.78, 5) is 10.6. The predicted molar refractivity (Wildman–Crippen MR) is 35.3 cm³/mol.